The van der Waals surface area contributed by atoms with E-state index >= 15 is 0 Å². The highest BCUT2D eigenvalue weighted by Gasteiger charge is 1.62. The molecule has 0 atom stereocenters. The maximum Gasteiger partial charge on any atom is 0.299 e. The summed E-state index contributed by atoms with van der Waals surface area (Å²) in [5.41, 5.74) is 0. The molecular formula is C2H6O5S. The van der Waals surface area contributed by atoms with Crippen LogP contribution >= 0.6 is 0 Å². The third kappa shape index (κ3) is 392. The normalized spacial score (nSPS) is 7.00. The summed E-state index contributed by atoms with van der Waals surface area (Å²) < 4.78 is 26.7. The lowest BCUT2D eigenvalue weighted by atomic mass is 11.5. The van der Waals surface area contributed by atoms with Gasteiger partial charge in [0.25, 0.3) is 17.8 Å². The highest BCUT2D eigenvalue weighted by atomic mass is 32.2. The number of rotatable bonds is 1. The molecule has 0 aromatic carbocycles. The average molecular weight is 142 g/mol. The second kappa shape index (κ2) is 9.74. The molecule has 5 nitrogen and oxygen atoms in total. The first kappa shape index (κ1) is 10.5. The van der Waals surface area contributed by atoms with Crippen LogP contribution in [0.4, 0.5) is 0 Å². The zero-order valence-electron chi connectivity index (χ0n) is 4.10. The van der Waals surface area contributed by atoms with Crippen LogP contribution in [0.5, 0.6) is 0 Å². The summed E-state index contributed by atoms with van der Waals surface area (Å²) in [4.78, 5) is 8.95. The highest BCUT2D eigenvalue weighted by molar-refractivity contribution is 7.73. The van der Waals surface area contributed by atoms with Gasteiger partial charge in [0, 0.05) is 0 Å². The summed E-state index contributed by atoms with van der Waals surface area (Å²) in [6.07, 6.45) is 0. The number of methoxy groups -OCH3 is 1. The molecule has 0 saturated heterocycles. The van der Waals surface area contributed by atoms with Gasteiger partial charge in [-0.2, -0.15) is 4.21 Å². The number of hydrogen-bond acceptors (Lipinski definition) is 3. The third-order valence-electron chi connectivity index (χ3n) is 0.0962. The minimum atomic E-state index is -2.61. The van der Waals surface area contributed by atoms with Gasteiger partial charge in [-0.1, -0.05) is 0 Å². The average Bonchev–Trinajstić information content (AvgIpc) is 1.65. The van der Waals surface area contributed by atoms with Crippen molar-refractivity contribution in [2.45, 2.75) is 0 Å². The van der Waals surface area contributed by atoms with Gasteiger partial charge in [-0.15, -0.1) is 0 Å². The Labute approximate surface area is 48.8 Å². The van der Waals surface area contributed by atoms with Gasteiger partial charge in [0.2, 0.25) is 0 Å². The van der Waals surface area contributed by atoms with Gasteiger partial charge < -0.3 is 4.74 Å². The lowest BCUT2D eigenvalue weighted by Gasteiger charge is -1.67. The predicted molar refractivity (Wildman–Crippen MR) is 26.5 cm³/mol. The van der Waals surface area contributed by atoms with Crippen molar-refractivity contribution in [1.29, 1.82) is 0 Å². The molecule has 0 aliphatic carbocycles. The molecule has 0 aromatic rings. The van der Waals surface area contributed by atoms with Crippen LogP contribution in [0.15, 0.2) is 0 Å². The summed E-state index contributed by atoms with van der Waals surface area (Å²) in [6.45, 7) is 0.375. The van der Waals surface area contributed by atoms with Crippen molar-refractivity contribution in [3.8, 4) is 0 Å². The van der Waals surface area contributed by atoms with Gasteiger partial charge in [-0.05, 0) is 0 Å². The van der Waals surface area contributed by atoms with Crippen molar-refractivity contribution < 1.29 is 22.8 Å². The van der Waals surface area contributed by atoms with Crippen LogP contribution in [0.3, 0.4) is 0 Å². The number of hydrogen-bond donors (Lipinski definition) is 2. The van der Waals surface area contributed by atoms with Gasteiger partial charge >= 0.3 is 0 Å². The lowest BCUT2D eigenvalue weighted by Crippen LogP contribution is -1.74. The Morgan fingerprint density at radius 3 is 1.75 bits per heavy atom. The van der Waals surface area contributed by atoms with E-state index in [4.69, 9.17) is 18.1 Å². The van der Waals surface area contributed by atoms with Crippen molar-refractivity contribution >= 4 is 17.8 Å². The first-order chi connectivity index (χ1) is 3.65. The maximum absolute atomic E-state index is 8.95. The Bertz CT molecular complexity index is 66.8. The molecule has 0 radical (unpaired) electrons. The van der Waals surface area contributed by atoms with Gasteiger partial charge in [0.15, 0.2) is 0 Å². The van der Waals surface area contributed by atoms with Crippen molar-refractivity contribution in [1.82, 2.24) is 0 Å². The predicted octanol–water partition coefficient (Wildman–Crippen LogP) is -0.530. The van der Waals surface area contributed by atoms with Crippen LogP contribution in [0.1, 0.15) is 0 Å². The van der Waals surface area contributed by atoms with Gasteiger partial charge in [-0.25, -0.2) is 0 Å². The van der Waals surface area contributed by atoms with Crippen LogP contribution in [-0.2, 0) is 20.9 Å². The molecule has 0 aromatic heterocycles. The lowest BCUT2D eigenvalue weighted by molar-refractivity contribution is -0.126. The summed E-state index contributed by atoms with van der Waals surface area (Å²) in [5.74, 6) is 0. The topological polar surface area (TPSA) is 83.8 Å². The van der Waals surface area contributed by atoms with Crippen molar-refractivity contribution in [2.24, 2.45) is 0 Å². The van der Waals surface area contributed by atoms with Crippen molar-refractivity contribution in [2.75, 3.05) is 7.11 Å². The Morgan fingerprint density at radius 1 is 1.62 bits per heavy atom. The molecule has 0 bridgehead atoms. The molecule has 50 valence electrons. The quantitative estimate of drug-likeness (QED) is 0.380. The standard InChI is InChI=1S/C2H4O2.H2O3S/c1-4-2-3;1-4(2)3/h2H,1H3;(H2,1,2,3). The zero-order chi connectivity index (χ0) is 6.99. The van der Waals surface area contributed by atoms with Crippen LogP contribution in [0.2, 0.25) is 0 Å². The Morgan fingerprint density at radius 2 is 1.75 bits per heavy atom. The van der Waals surface area contributed by atoms with E-state index in [-0.39, 0.29) is 0 Å². The van der Waals surface area contributed by atoms with E-state index < -0.39 is 11.4 Å². The minimum Gasteiger partial charge on any atom is -0.471 e. The van der Waals surface area contributed by atoms with Gasteiger partial charge in [0.05, 0.1) is 7.11 Å². The van der Waals surface area contributed by atoms with E-state index in [1.807, 2.05) is 0 Å². The molecule has 8 heavy (non-hydrogen) atoms. The van der Waals surface area contributed by atoms with E-state index in [1.54, 1.807) is 0 Å². The maximum atomic E-state index is 8.95. The van der Waals surface area contributed by atoms with E-state index in [2.05, 4.69) is 4.74 Å². The molecule has 0 fully saturated rings. The largest absolute Gasteiger partial charge is 0.471 e. The zero-order valence-corrected chi connectivity index (χ0v) is 4.92. The molecule has 0 saturated carbocycles. The Hall–Kier alpha value is -0.460. The smallest absolute Gasteiger partial charge is 0.299 e. The van der Waals surface area contributed by atoms with Crippen LogP contribution in [-0.4, -0.2) is 26.9 Å². The van der Waals surface area contributed by atoms with E-state index in [1.165, 1.54) is 7.11 Å². The van der Waals surface area contributed by atoms with Crippen molar-refractivity contribution in [3.63, 3.8) is 0 Å². The number of ether oxygens (including phenoxy) is 1. The van der Waals surface area contributed by atoms with E-state index in [0.29, 0.717) is 6.47 Å². The molecule has 6 heteroatoms. The molecule has 0 amide bonds. The fraction of sp³-hybridized carbons (Fsp3) is 0.500. The molecule has 0 aliphatic rings. The second-order valence-electron chi connectivity index (χ2n) is 0.563. The van der Waals surface area contributed by atoms with Crippen molar-refractivity contribution in [3.05, 3.63) is 0 Å². The molecule has 0 rings (SSSR count). The molecule has 2 N–H and O–H groups in total. The second-order valence-corrected chi connectivity index (χ2v) is 1.02. The Kier molecular flexibility index (Phi) is 12.8. The van der Waals surface area contributed by atoms with Crippen LogP contribution in [0, 0.1) is 0 Å². The molecule has 0 heterocycles. The number of carbonyl (C=O) groups is 1. The highest BCUT2D eigenvalue weighted by Crippen LogP contribution is 1.44. The van der Waals surface area contributed by atoms with Crippen LogP contribution in [0.25, 0.3) is 0 Å². The van der Waals surface area contributed by atoms with E-state index in [9.17, 15) is 0 Å². The fourth-order valence-corrected chi connectivity index (χ4v) is 0. The molecular weight excluding hydrogens is 136 g/mol. The Balaban J connectivity index is 0. The molecule has 0 aliphatic heterocycles. The van der Waals surface area contributed by atoms with Gasteiger partial charge in [-0.3, -0.25) is 13.9 Å². The SMILES string of the molecule is COC=O.O=S(O)O. The molecule has 0 unspecified atom stereocenters. The summed E-state index contributed by atoms with van der Waals surface area (Å²) >= 11 is -2.61. The number of carbonyl (C=O) groups excluding carboxylic acids is 1. The summed E-state index contributed by atoms with van der Waals surface area (Å²) in [5, 5.41) is 0. The first-order valence-corrected chi connectivity index (χ1v) is 2.48. The summed E-state index contributed by atoms with van der Waals surface area (Å²) in [7, 11) is 1.31. The van der Waals surface area contributed by atoms with E-state index in [0.717, 1.165) is 0 Å². The minimum absolute atomic E-state index is 0.375. The fourth-order valence-electron chi connectivity index (χ4n) is 0. The van der Waals surface area contributed by atoms with Gasteiger partial charge in [0.1, 0.15) is 0 Å². The van der Waals surface area contributed by atoms with Crippen LogP contribution < -0.4 is 0 Å². The first-order valence-electron chi connectivity index (χ1n) is 1.41. The monoisotopic (exact) mass is 142 g/mol. The molecule has 0 spiro atoms. The summed E-state index contributed by atoms with van der Waals surface area (Å²) in [6, 6.07) is 0. The third-order valence-corrected chi connectivity index (χ3v) is 0.0962.